The number of rotatable bonds is 5. The van der Waals surface area contributed by atoms with E-state index >= 15 is 0 Å². The van der Waals surface area contributed by atoms with Crippen molar-refractivity contribution in [2.75, 3.05) is 13.7 Å². The second-order valence-electron chi connectivity index (χ2n) is 7.94. The van der Waals surface area contributed by atoms with E-state index in [4.69, 9.17) is 4.74 Å². The fraction of sp³-hybridized carbons (Fsp3) is 0.391. The van der Waals surface area contributed by atoms with Gasteiger partial charge in [-0.25, -0.2) is 4.98 Å². The molecule has 3 unspecified atom stereocenters. The second kappa shape index (κ2) is 6.97. The van der Waals surface area contributed by atoms with E-state index in [1.54, 1.807) is 7.11 Å². The van der Waals surface area contributed by atoms with Gasteiger partial charge in [0.1, 0.15) is 5.75 Å². The monoisotopic (exact) mass is 375 g/mol. The average molecular weight is 375 g/mol. The van der Waals surface area contributed by atoms with Gasteiger partial charge in [0.25, 0.3) is 0 Å². The van der Waals surface area contributed by atoms with Crippen LogP contribution in [-0.2, 0) is 11.3 Å². The number of nitrogens with zero attached hydrogens (tertiary/aromatic N) is 3. The molecule has 1 aliphatic carbocycles. The molecule has 0 N–H and O–H groups in total. The number of hydrogen-bond acceptors (Lipinski definition) is 3. The van der Waals surface area contributed by atoms with E-state index in [-0.39, 0.29) is 12.0 Å². The number of likely N-dealkylation sites (tertiary alicyclic amines) is 1. The predicted molar refractivity (Wildman–Crippen MR) is 108 cm³/mol. The van der Waals surface area contributed by atoms with E-state index in [9.17, 15) is 4.79 Å². The zero-order valence-electron chi connectivity index (χ0n) is 16.1. The van der Waals surface area contributed by atoms with Crippen LogP contribution in [0.2, 0.25) is 0 Å². The number of carbonyl (C=O) groups excluding carboxylic acids is 1. The van der Waals surface area contributed by atoms with Crippen molar-refractivity contribution in [3.8, 4) is 5.75 Å². The number of benzene rings is 2. The Kier molecular flexibility index (Phi) is 4.30. The first-order valence-electron chi connectivity index (χ1n) is 10.1. The molecular formula is C23H25N3O2. The number of hydrogen-bond donors (Lipinski definition) is 0. The van der Waals surface area contributed by atoms with Gasteiger partial charge < -0.3 is 14.2 Å². The van der Waals surface area contributed by atoms with Crippen LogP contribution in [0.3, 0.4) is 0 Å². The Balaban J connectivity index is 1.28. The van der Waals surface area contributed by atoms with E-state index < -0.39 is 0 Å². The number of fused-ring (bicyclic) bond motifs is 1. The average Bonchev–Trinajstić information content (AvgIpc) is 3.23. The third-order valence-corrected chi connectivity index (χ3v) is 6.25. The highest BCUT2D eigenvalue weighted by Gasteiger charge is 2.47. The van der Waals surface area contributed by atoms with Crippen molar-refractivity contribution >= 4 is 16.9 Å². The maximum atomic E-state index is 13.2. The molecular weight excluding hydrogens is 350 g/mol. The first-order valence-corrected chi connectivity index (χ1v) is 10.1. The van der Waals surface area contributed by atoms with E-state index in [2.05, 4.69) is 32.7 Å². The maximum Gasteiger partial charge on any atom is 0.226 e. The van der Waals surface area contributed by atoms with Crippen LogP contribution in [0.15, 0.2) is 54.9 Å². The molecule has 2 aromatic carbocycles. The molecule has 0 bridgehead atoms. The molecule has 1 amide bonds. The fourth-order valence-corrected chi connectivity index (χ4v) is 4.60. The van der Waals surface area contributed by atoms with E-state index in [1.807, 2.05) is 36.7 Å². The van der Waals surface area contributed by atoms with Crippen molar-refractivity contribution in [2.45, 2.75) is 37.8 Å². The highest BCUT2D eigenvalue weighted by atomic mass is 16.5. The summed E-state index contributed by atoms with van der Waals surface area (Å²) in [6.45, 7) is 1.70. The van der Waals surface area contributed by atoms with E-state index in [1.165, 1.54) is 5.56 Å². The molecule has 0 radical (unpaired) electrons. The summed E-state index contributed by atoms with van der Waals surface area (Å²) < 4.78 is 7.43. The summed E-state index contributed by atoms with van der Waals surface area (Å²) in [7, 11) is 1.68. The summed E-state index contributed by atoms with van der Waals surface area (Å²) in [5, 5.41) is 0. The third kappa shape index (κ3) is 3.05. The SMILES string of the molecule is COc1ccc(C2CC2C(=O)N2CCCC2Cn2cnc3ccccc32)cc1. The van der Waals surface area contributed by atoms with Crippen molar-refractivity contribution in [2.24, 2.45) is 5.92 Å². The van der Waals surface area contributed by atoms with Crippen LogP contribution in [0.25, 0.3) is 11.0 Å². The summed E-state index contributed by atoms with van der Waals surface area (Å²) >= 11 is 0. The molecule has 0 spiro atoms. The van der Waals surface area contributed by atoms with Crippen LogP contribution >= 0.6 is 0 Å². The molecule has 2 heterocycles. The number of ether oxygens (including phenoxy) is 1. The van der Waals surface area contributed by atoms with Gasteiger partial charge in [0.15, 0.2) is 0 Å². The minimum absolute atomic E-state index is 0.133. The first kappa shape index (κ1) is 17.3. The fourth-order valence-electron chi connectivity index (χ4n) is 4.60. The minimum atomic E-state index is 0.133. The molecule has 5 rings (SSSR count). The quantitative estimate of drug-likeness (QED) is 0.681. The Hall–Kier alpha value is -2.82. The number of aromatic nitrogens is 2. The molecule has 144 valence electrons. The Morgan fingerprint density at radius 3 is 2.82 bits per heavy atom. The third-order valence-electron chi connectivity index (χ3n) is 6.25. The van der Waals surface area contributed by atoms with Gasteiger partial charge in [-0.2, -0.15) is 0 Å². The lowest BCUT2D eigenvalue weighted by Crippen LogP contribution is -2.39. The number of para-hydroxylation sites is 2. The van der Waals surface area contributed by atoms with Crippen molar-refractivity contribution in [1.29, 1.82) is 0 Å². The molecule has 3 atom stereocenters. The highest BCUT2D eigenvalue weighted by Crippen LogP contribution is 2.49. The zero-order chi connectivity index (χ0) is 19.1. The summed E-state index contributed by atoms with van der Waals surface area (Å²) in [5.41, 5.74) is 3.40. The van der Waals surface area contributed by atoms with Gasteiger partial charge in [-0.05, 0) is 55.0 Å². The Morgan fingerprint density at radius 1 is 1.18 bits per heavy atom. The van der Waals surface area contributed by atoms with Gasteiger partial charge in [0.05, 0.1) is 24.5 Å². The van der Waals surface area contributed by atoms with Crippen LogP contribution in [0, 0.1) is 5.92 Å². The van der Waals surface area contributed by atoms with Gasteiger partial charge in [0.2, 0.25) is 5.91 Å². The Bertz CT molecular complexity index is 995. The molecule has 2 aliphatic rings. The first-order chi connectivity index (χ1) is 13.7. The van der Waals surface area contributed by atoms with Crippen LogP contribution in [0.5, 0.6) is 5.75 Å². The molecule has 2 fully saturated rings. The molecule has 5 nitrogen and oxygen atoms in total. The molecule has 1 saturated carbocycles. The molecule has 28 heavy (non-hydrogen) atoms. The highest BCUT2D eigenvalue weighted by molar-refractivity contribution is 5.83. The normalized spacial score (nSPS) is 23.9. The lowest BCUT2D eigenvalue weighted by Gasteiger charge is -2.25. The van der Waals surface area contributed by atoms with Crippen molar-refractivity contribution in [3.63, 3.8) is 0 Å². The number of amides is 1. The smallest absolute Gasteiger partial charge is 0.226 e. The topological polar surface area (TPSA) is 47.4 Å². The summed E-state index contributed by atoms with van der Waals surface area (Å²) in [6, 6.07) is 16.6. The molecule has 5 heteroatoms. The van der Waals surface area contributed by atoms with Crippen LogP contribution in [-0.4, -0.2) is 40.1 Å². The molecule has 1 saturated heterocycles. The van der Waals surface area contributed by atoms with Gasteiger partial charge >= 0.3 is 0 Å². The largest absolute Gasteiger partial charge is 0.497 e. The van der Waals surface area contributed by atoms with Crippen molar-refractivity contribution in [1.82, 2.24) is 14.5 Å². The number of imidazole rings is 1. The van der Waals surface area contributed by atoms with Crippen molar-refractivity contribution in [3.05, 3.63) is 60.4 Å². The van der Waals surface area contributed by atoms with E-state index in [0.717, 1.165) is 49.1 Å². The van der Waals surface area contributed by atoms with Gasteiger partial charge in [-0.15, -0.1) is 0 Å². The summed E-state index contributed by atoms with van der Waals surface area (Å²) in [6.07, 6.45) is 5.02. The number of methoxy groups -OCH3 is 1. The summed E-state index contributed by atoms with van der Waals surface area (Å²) in [5.74, 6) is 1.68. The molecule has 3 aromatic rings. The van der Waals surface area contributed by atoms with Gasteiger partial charge in [0, 0.05) is 25.0 Å². The second-order valence-corrected chi connectivity index (χ2v) is 7.94. The molecule has 1 aliphatic heterocycles. The lowest BCUT2D eigenvalue weighted by atomic mass is 10.1. The van der Waals surface area contributed by atoms with E-state index in [0.29, 0.717) is 11.8 Å². The van der Waals surface area contributed by atoms with Crippen molar-refractivity contribution < 1.29 is 9.53 Å². The maximum absolute atomic E-state index is 13.2. The van der Waals surface area contributed by atoms with Crippen LogP contribution < -0.4 is 4.74 Å². The zero-order valence-corrected chi connectivity index (χ0v) is 16.1. The minimum Gasteiger partial charge on any atom is -0.497 e. The lowest BCUT2D eigenvalue weighted by molar-refractivity contribution is -0.133. The molecule has 1 aromatic heterocycles. The standard InChI is InChI=1S/C23H25N3O2/c1-28-18-10-8-16(9-11-18)19-13-20(19)23(27)26-12-4-5-17(26)14-25-15-24-21-6-2-3-7-22(21)25/h2-3,6-11,15,17,19-20H,4-5,12-14H2,1H3. The van der Waals surface area contributed by atoms with Crippen LogP contribution in [0.4, 0.5) is 0 Å². The Morgan fingerprint density at radius 2 is 2.00 bits per heavy atom. The Labute approximate surface area is 164 Å². The number of carbonyl (C=O) groups is 1. The predicted octanol–water partition coefficient (Wildman–Crippen LogP) is 3.84. The van der Waals surface area contributed by atoms with Gasteiger partial charge in [-0.3, -0.25) is 4.79 Å². The summed E-state index contributed by atoms with van der Waals surface area (Å²) in [4.78, 5) is 19.8. The van der Waals surface area contributed by atoms with Gasteiger partial charge in [-0.1, -0.05) is 24.3 Å². The van der Waals surface area contributed by atoms with Crippen LogP contribution in [0.1, 0.15) is 30.7 Å².